The molecular formula is C17H22ClNO. The zero-order valence-electron chi connectivity index (χ0n) is 12.2. The molecule has 0 saturated carbocycles. The Morgan fingerprint density at radius 2 is 1.80 bits per heavy atom. The molecule has 0 bridgehead atoms. The van der Waals surface area contributed by atoms with Gasteiger partial charge in [0, 0.05) is 11.6 Å². The van der Waals surface area contributed by atoms with Crippen LogP contribution in [0.1, 0.15) is 43.0 Å². The topological polar surface area (TPSA) is 25.2 Å². The van der Waals surface area contributed by atoms with Crippen molar-refractivity contribution in [3.05, 3.63) is 58.5 Å². The normalized spacial score (nSPS) is 12.6. The number of rotatable bonds is 7. The van der Waals surface area contributed by atoms with Crippen LogP contribution < -0.4 is 5.32 Å². The van der Waals surface area contributed by atoms with Crippen molar-refractivity contribution in [1.29, 1.82) is 0 Å². The lowest BCUT2D eigenvalue weighted by Crippen LogP contribution is -2.24. The van der Waals surface area contributed by atoms with E-state index < -0.39 is 0 Å². The average Bonchev–Trinajstić information content (AvgIpc) is 2.90. The number of hydrogen-bond donors (Lipinski definition) is 1. The van der Waals surface area contributed by atoms with Gasteiger partial charge >= 0.3 is 0 Å². The van der Waals surface area contributed by atoms with E-state index in [9.17, 15) is 0 Å². The van der Waals surface area contributed by atoms with Crippen LogP contribution >= 0.6 is 11.6 Å². The molecule has 1 N–H and O–H groups in total. The standard InChI is InChI=1S/C17H22ClNO/c1-3-10-19-16(15-9-11-20-17(15)18)12-14-7-5-13(4-2)6-8-14/h5-9,11,16,19H,3-4,10,12H2,1-2H3. The molecule has 1 heterocycles. The van der Waals surface area contributed by atoms with E-state index in [0.717, 1.165) is 31.4 Å². The van der Waals surface area contributed by atoms with Gasteiger partial charge in [-0.1, -0.05) is 38.1 Å². The highest BCUT2D eigenvalue weighted by Gasteiger charge is 2.16. The van der Waals surface area contributed by atoms with Crippen LogP contribution in [0.5, 0.6) is 0 Å². The third-order valence-electron chi connectivity index (χ3n) is 3.53. The summed E-state index contributed by atoms with van der Waals surface area (Å²) in [6, 6.07) is 11.0. The van der Waals surface area contributed by atoms with E-state index in [0.29, 0.717) is 5.22 Å². The maximum atomic E-state index is 6.12. The first-order valence-electron chi connectivity index (χ1n) is 7.28. The summed E-state index contributed by atoms with van der Waals surface area (Å²) in [6.45, 7) is 5.31. The number of aryl methyl sites for hydroxylation is 1. The lowest BCUT2D eigenvalue weighted by molar-refractivity contribution is 0.513. The maximum Gasteiger partial charge on any atom is 0.197 e. The van der Waals surface area contributed by atoms with E-state index in [1.807, 2.05) is 6.07 Å². The Morgan fingerprint density at radius 3 is 2.35 bits per heavy atom. The minimum Gasteiger partial charge on any atom is -0.453 e. The van der Waals surface area contributed by atoms with E-state index in [1.165, 1.54) is 11.1 Å². The summed E-state index contributed by atoms with van der Waals surface area (Å²) in [6.07, 6.45) is 4.74. The van der Waals surface area contributed by atoms with Gasteiger partial charge in [0.05, 0.1) is 6.26 Å². The van der Waals surface area contributed by atoms with Gasteiger partial charge in [-0.3, -0.25) is 0 Å². The highest BCUT2D eigenvalue weighted by molar-refractivity contribution is 6.29. The van der Waals surface area contributed by atoms with Crippen molar-refractivity contribution < 1.29 is 4.42 Å². The minimum atomic E-state index is 0.202. The van der Waals surface area contributed by atoms with Gasteiger partial charge in [0.1, 0.15) is 0 Å². The molecule has 2 aromatic rings. The Kier molecular flexibility index (Phi) is 5.69. The highest BCUT2D eigenvalue weighted by atomic mass is 35.5. The first kappa shape index (κ1) is 15.1. The zero-order chi connectivity index (χ0) is 14.4. The van der Waals surface area contributed by atoms with E-state index in [4.69, 9.17) is 16.0 Å². The second kappa shape index (κ2) is 7.51. The molecule has 3 heteroatoms. The molecule has 2 rings (SSSR count). The predicted octanol–water partition coefficient (Wildman–Crippen LogP) is 4.78. The molecule has 1 aromatic carbocycles. The quantitative estimate of drug-likeness (QED) is 0.794. The number of benzene rings is 1. The Hall–Kier alpha value is -1.25. The molecule has 0 aliphatic carbocycles. The molecule has 0 aliphatic rings. The van der Waals surface area contributed by atoms with Gasteiger partial charge in [-0.05, 0) is 54.6 Å². The van der Waals surface area contributed by atoms with Gasteiger partial charge in [0.2, 0.25) is 0 Å². The van der Waals surface area contributed by atoms with E-state index >= 15 is 0 Å². The Labute approximate surface area is 126 Å². The van der Waals surface area contributed by atoms with Gasteiger partial charge in [-0.15, -0.1) is 0 Å². The van der Waals surface area contributed by atoms with Crippen molar-refractivity contribution in [2.75, 3.05) is 6.54 Å². The minimum absolute atomic E-state index is 0.202. The fraction of sp³-hybridized carbons (Fsp3) is 0.412. The molecule has 0 radical (unpaired) electrons. The molecule has 1 unspecified atom stereocenters. The highest BCUT2D eigenvalue weighted by Crippen LogP contribution is 2.27. The van der Waals surface area contributed by atoms with Crippen LogP contribution in [0.15, 0.2) is 41.0 Å². The summed E-state index contributed by atoms with van der Waals surface area (Å²) in [5.41, 5.74) is 3.72. The summed E-state index contributed by atoms with van der Waals surface area (Å²) in [5, 5.41) is 4.03. The molecule has 1 atom stereocenters. The first-order chi connectivity index (χ1) is 9.74. The summed E-state index contributed by atoms with van der Waals surface area (Å²) < 4.78 is 5.23. The molecular weight excluding hydrogens is 270 g/mol. The monoisotopic (exact) mass is 291 g/mol. The third-order valence-corrected chi connectivity index (χ3v) is 3.84. The summed E-state index contributed by atoms with van der Waals surface area (Å²) in [4.78, 5) is 0. The van der Waals surface area contributed by atoms with Crippen LogP contribution in [0, 0.1) is 0 Å². The smallest absolute Gasteiger partial charge is 0.197 e. The number of nitrogens with one attached hydrogen (secondary N) is 1. The molecule has 108 valence electrons. The van der Waals surface area contributed by atoms with Crippen molar-refractivity contribution in [2.45, 2.75) is 39.2 Å². The van der Waals surface area contributed by atoms with Crippen LogP contribution in [-0.4, -0.2) is 6.54 Å². The fourth-order valence-electron chi connectivity index (χ4n) is 2.31. The van der Waals surface area contributed by atoms with Crippen LogP contribution in [0.3, 0.4) is 0 Å². The predicted molar refractivity (Wildman–Crippen MR) is 84.3 cm³/mol. The number of halogens is 1. The van der Waals surface area contributed by atoms with Crippen molar-refractivity contribution in [3.63, 3.8) is 0 Å². The Bertz CT molecular complexity index is 518. The molecule has 0 amide bonds. The van der Waals surface area contributed by atoms with E-state index in [2.05, 4.69) is 43.4 Å². The van der Waals surface area contributed by atoms with Crippen molar-refractivity contribution in [3.8, 4) is 0 Å². The maximum absolute atomic E-state index is 6.12. The van der Waals surface area contributed by atoms with Crippen LogP contribution in [-0.2, 0) is 12.8 Å². The van der Waals surface area contributed by atoms with Gasteiger partial charge in [0.25, 0.3) is 0 Å². The number of furan rings is 1. The lowest BCUT2D eigenvalue weighted by Gasteiger charge is -2.18. The largest absolute Gasteiger partial charge is 0.453 e. The van der Waals surface area contributed by atoms with Gasteiger partial charge in [-0.25, -0.2) is 0 Å². The van der Waals surface area contributed by atoms with Crippen LogP contribution in [0.25, 0.3) is 0 Å². The van der Waals surface area contributed by atoms with Crippen molar-refractivity contribution in [2.24, 2.45) is 0 Å². The summed E-state index contributed by atoms with van der Waals surface area (Å²) >= 11 is 6.12. The SMILES string of the molecule is CCCNC(Cc1ccc(CC)cc1)c1ccoc1Cl. The van der Waals surface area contributed by atoms with E-state index in [1.54, 1.807) is 6.26 Å². The van der Waals surface area contributed by atoms with Crippen molar-refractivity contribution in [1.82, 2.24) is 5.32 Å². The van der Waals surface area contributed by atoms with E-state index in [-0.39, 0.29) is 6.04 Å². The Balaban J connectivity index is 2.12. The van der Waals surface area contributed by atoms with Crippen LogP contribution in [0.4, 0.5) is 0 Å². The second-order valence-corrected chi connectivity index (χ2v) is 5.37. The molecule has 0 fully saturated rings. The average molecular weight is 292 g/mol. The van der Waals surface area contributed by atoms with Crippen LogP contribution in [0.2, 0.25) is 5.22 Å². The zero-order valence-corrected chi connectivity index (χ0v) is 12.9. The molecule has 0 aliphatic heterocycles. The lowest BCUT2D eigenvalue weighted by atomic mass is 9.99. The second-order valence-electron chi connectivity index (χ2n) is 5.03. The molecule has 2 nitrogen and oxygen atoms in total. The van der Waals surface area contributed by atoms with Gasteiger partial charge < -0.3 is 9.73 Å². The first-order valence-corrected chi connectivity index (χ1v) is 7.66. The Morgan fingerprint density at radius 1 is 1.10 bits per heavy atom. The molecule has 0 spiro atoms. The summed E-state index contributed by atoms with van der Waals surface area (Å²) in [5.74, 6) is 0. The third kappa shape index (κ3) is 3.87. The molecule has 0 saturated heterocycles. The summed E-state index contributed by atoms with van der Waals surface area (Å²) in [7, 11) is 0. The number of hydrogen-bond acceptors (Lipinski definition) is 2. The van der Waals surface area contributed by atoms with Gasteiger partial charge in [-0.2, -0.15) is 0 Å². The molecule has 1 aromatic heterocycles. The van der Waals surface area contributed by atoms with Crippen molar-refractivity contribution >= 4 is 11.6 Å². The van der Waals surface area contributed by atoms with Gasteiger partial charge in [0.15, 0.2) is 5.22 Å². The molecule has 20 heavy (non-hydrogen) atoms. The fourth-order valence-corrected chi connectivity index (χ4v) is 2.56.